The summed E-state index contributed by atoms with van der Waals surface area (Å²) in [6, 6.07) is 8.98. The Hall–Kier alpha value is -1.22. The van der Waals surface area contributed by atoms with Crippen molar-refractivity contribution in [3.8, 4) is 5.75 Å². The third kappa shape index (κ3) is 3.91. The van der Waals surface area contributed by atoms with Gasteiger partial charge in [-0.2, -0.15) is 0 Å². The molecule has 0 spiro atoms. The first-order valence-corrected chi connectivity index (χ1v) is 8.48. The first kappa shape index (κ1) is 14.7. The van der Waals surface area contributed by atoms with Crippen LogP contribution >= 0.6 is 0 Å². The van der Waals surface area contributed by atoms with E-state index in [1.165, 1.54) is 31.4 Å². The van der Waals surface area contributed by atoms with Gasteiger partial charge in [-0.15, -0.1) is 0 Å². The van der Waals surface area contributed by atoms with Crippen LogP contribution in [0, 0.1) is 5.92 Å². The lowest BCUT2D eigenvalue weighted by Gasteiger charge is -2.32. The number of benzene rings is 1. The molecule has 3 rings (SSSR count). The predicted molar refractivity (Wildman–Crippen MR) is 87.9 cm³/mol. The average molecular weight is 288 g/mol. The van der Waals surface area contributed by atoms with Crippen molar-refractivity contribution in [2.24, 2.45) is 11.7 Å². The highest BCUT2D eigenvalue weighted by Gasteiger charge is 2.21. The highest BCUT2D eigenvalue weighted by molar-refractivity contribution is 5.51. The largest absolute Gasteiger partial charge is 0.490 e. The van der Waals surface area contributed by atoms with E-state index in [0.717, 1.165) is 37.6 Å². The summed E-state index contributed by atoms with van der Waals surface area (Å²) in [6.45, 7) is 4.46. The van der Waals surface area contributed by atoms with Crippen molar-refractivity contribution in [3.63, 3.8) is 0 Å². The second kappa shape index (κ2) is 6.69. The lowest BCUT2D eigenvalue weighted by Crippen LogP contribution is -2.39. The van der Waals surface area contributed by atoms with Crippen molar-refractivity contribution in [3.05, 3.63) is 24.3 Å². The SMILES string of the molecule is CC1CCCC(Oc2cccc(N3CCC(N)CC3)c2)C1. The third-order valence-corrected chi connectivity index (χ3v) is 4.91. The van der Waals surface area contributed by atoms with Gasteiger partial charge in [0.05, 0.1) is 6.10 Å². The molecule has 1 saturated heterocycles. The van der Waals surface area contributed by atoms with Gasteiger partial charge in [0.25, 0.3) is 0 Å². The fourth-order valence-corrected chi connectivity index (χ4v) is 3.59. The molecule has 0 bridgehead atoms. The van der Waals surface area contributed by atoms with Gasteiger partial charge >= 0.3 is 0 Å². The Bertz CT molecular complexity index is 454. The van der Waals surface area contributed by atoms with E-state index in [1.54, 1.807) is 0 Å². The summed E-state index contributed by atoms with van der Waals surface area (Å²) in [5.41, 5.74) is 7.27. The molecule has 2 aliphatic rings. The zero-order chi connectivity index (χ0) is 14.7. The molecule has 1 aliphatic carbocycles. The van der Waals surface area contributed by atoms with Crippen LogP contribution in [0.4, 0.5) is 5.69 Å². The van der Waals surface area contributed by atoms with Gasteiger partial charge in [0.1, 0.15) is 5.75 Å². The summed E-state index contributed by atoms with van der Waals surface area (Å²) < 4.78 is 6.23. The molecular weight excluding hydrogens is 260 g/mol. The number of ether oxygens (including phenoxy) is 1. The smallest absolute Gasteiger partial charge is 0.121 e. The van der Waals surface area contributed by atoms with Crippen LogP contribution in [-0.2, 0) is 0 Å². The van der Waals surface area contributed by atoms with Crippen LogP contribution in [0.15, 0.2) is 24.3 Å². The van der Waals surface area contributed by atoms with Crippen molar-refractivity contribution >= 4 is 5.69 Å². The average Bonchev–Trinajstić information content (AvgIpc) is 2.48. The first-order valence-electron chi connectivity index (χ1n) is 8.48. The lowest BCUT2D eigenvalue weighted by molar-refractivity contribution is 0.129. The van der Waals surface area contributed by atoms with Crippen molar-refractivity contribution in [1.29, 1.82) is 0 Å². The zero-order valence-electron chi connectivity index (χ0n) is 13.1. The molecule has 2 N–H and O–H groups in total. The molecule has 2 unspecified atom stereocenters. The quantitative estimate of drug-likeness (QED) is 0.924. The summed E-state index contributed by atoms with van der Waals surface area (Å²) in [5.74, 6) is 1.83. The van der Waals surface area contributed by atoms with Crippen LogP contribution in [0.25, 0.3) is 0 Å². The van der Waals surface area contributed by atoms with Crippen molar-refractivity contribution in [2.45, 2.75) is 57.6 Å². The van der Waals surface area contributed by atoms with Crippen molar-refractivity contribution in [2.75, 3.05) is 18.0 Å². The molecule has 0 radical (unpaired) electrons. The molecule has 2 atom stereocenters. The maximum atomic E-state index is 6.23. The number of hydrogen-bond acceptors (Lipinski definition) is 3. The maximum Gasteiger partial charge on any atom is 0.121 e. The van der Waals surface area contributed by atoms with Crippen LogP contribution < -0.4 is 15.4 Å². The van der Waals surface area contributed by atoms with Crippen LogP contribution in [0.1, 0.15) is 45.4 Å². The number of nitrogens with two attached hydrogens (primary N) is 1. The lowest BCUT2D eigenvalue weighted by atomic mass is 9.89. The molecular formula is C18H28N2O. The van der Waals surface area contributed by atoms with Crippen molar-refractivity contribution < 1.29 is 4.74 Å². The summed E-state index contributed by atoms with van der Waals surface area (Å²) in [4.78, 5) is 2.43. The van der Waals surface area contributed by atoms with E-state index < -0.39 is 0 Å². The van der Waals surface area contributed by atoms with E-state index in [2.05, 4.69) is 36.1 Å². The Morgan fingerprint density at radius 2 is 1.95 bits per heavy atom. The molecule has 3 nitrogen and oxygen atoms in total. The van der Waals surface area contributed by atoms with Gasteiger partial charge in [0.2, 0.25) is 0 Å². The molecule has 1 aromatic rings. The van der Waals surface area contributed by atoms with E-state index in [4.69, 9.17) is 10.5 Å². The molecule has 2 fully saturated rings. The van der Waals surface area contributed by atoms with Crippen LogP contribution in [-0.4, -0.2) is 25.2 Å². The fourth-order valence-electron chi connectivity index (χ4n) is 3.59. The Kier molecular flexibility index (Phi) is 4.69. The highest BCUT2D eigenvalue weighted by atomic mass is 16.5. The molecule has 1 aromatic carbocycles. The topological polar surface area (TPSA) is 38.5 Å². The van der Waals surface area contributed by atoms with Gasteiger partial charge in [-0.05, 0) is 50.2 Å². The molecule has 0 amide bonds. The molecule has 0 aromatic heterocycles. The van der Waals surface area contributed by atoms with Gasteiger partial charge in [0.15, 0.2) is 0 Å². The number of nitrogens with zero attached hydrogens (tertiary/aromatic N) is 1. The van der Waals surface area contributed by atoms with Gasteiger partial charge < -0.3 is 15.4 Å². The Morgan fingerprint density at radius 1 is 1.14 bits per heavy atom. The fraction of sp³-hybridized carbons (Fsp3) is 0.667. The second-order valence-electron chi connectivity index (χ2n) is 6.83. The number of anilines is 1. The molecule has 1 saturated carbocycles. The predicted octanol–water partition coefficient (Wildman–Crippen LogP) is 3.57. The van der Waals surface area contributed by atoms with E-state index in [0.29, 0.717) is 12.1 Å². The van der Waals surface area contributed by atoms with Crippen LogP contribution in [0.2, 0.25) is 0 Å². The first-order chi connectivity index (χ1) is 10.2. The summed E-state index contributed by atoms with van der Waals surface area (Å²) in [7, 11) is 0. The van der Waals surface area contributed by atoms with E-state index in [1.807, 2.05) is 0 Å². The summed E-state index contributed by atoms with van der Waals surface area (Å²) in [5, 5.41) is 0. The summed E-state index contributed by atoms with van der Waals surface area (Å²) in [6.07, 6.45) is 7.63. The van der Waals surface area contributed by atoms with Gasteiger partial charge in [-0.25, -0.2) is 0 Å². The molecule has 21 heavy (non-hydrogen) atoms. The normalized spacial score (nSPS) is 27.6. The minimum absolute atomic E-state index is 0.379. The number of piperidine rings is 1. The standard InChI is InChI=1S/C18H28N2O/c1-14-4-2-6-17(12-14)21-18-7-3-5-16(13-18)20-10-8-15(19)9-11-20/h3,5,7,13-15,17H,2,4,6,8-12,19H2,1H3. The highest BCUT2D eigenvalue weighted by Crippen LogP contribution is 2.29. The van der Waals surface area contributed by atoms with E-state index in [9.17, 15) is 0 Å². The Morgan fingerprint density at radius 3 is 2.71 bits per heavy atom. The Balaban J connectivity index is 1.63. The number of rotatable bonds is 3. The third-order valence-electron chi connectivity index (χ3n) is 4.91. The molecule has 3 heteroatoms. The van der Waals surface area contributed by atoms with E-state index in [-0.39, 0.29) is 0 Å². The van der Waals surface area contributed by atoms with E-state index >= 15 is 0 Å². The van der Waals surface area contributed by atoms with Gasteiger partial charge in [-0.3, -0.25) is 0 Å². The van der Waals surface area contributed by atoms with Gasteiger partial charge in [-0.1, -0.05) is 19.4 Å². The van der Waals surface area contributed by atoms with Gasteiger partial charge in [0, 0.05) is 30.9 Å². The van der Waals surface area contributed by atoms with Crippen LogP contribution in [0.3, 0.4) is 0 Å². The molecule has 116 valence electrons. The van der Waals surface area contributed by atoms with Crippen molar-refractivity contribution in [1.82, 2.24) is 0 Å². The zero-order valence-corrected chi connectivity index (χ0v) is 13.1. The molecule has 1 heterocycles. The second-order valence-corrected chi connectivity index (χ2v) is 6.83. The monoisotopic (exact) mass is 288 g/mol. The summed E-state index contributed by atoms with van der Waals surface area (Å²) >= 11 is 0. The number of hydrogen-bond donors (Lipinski definition) is 1. The molecule has 1 aliphatic heterocycles. The Labute approximate surface area is 128 Å². The van der Waals surface area contributed by atoms with Crippen LogP contribution in [0.5, 0.6) is 5.75 Å². The maximum absolute atomic E-state index is 6.23. The minimum Gasteiger partial charge on any atom is -0.490 e. The minimum atomic E-state index is 0.379.